The minimum Gasteiger partial charge on any atom is -0.494 e. The molecule has 0 aliphatic carbocycles. The van der Waals surface area contributed by atoms with Gasteiger partial charge in [0.05, 0.1) is 12.6 Å². The lowest BCUT2D eigenvalue weighted by molar-refractivity contribution is -0.121. The molecule has 0 fully saturated rings. The zero-order valence-corrected chi connectivity index (χ0v) is 17.8. The van der Waals surface area contributed by atoms with Gasteiger partial charge in [-0.3, -0.25) is 14.5 Å². The number of carbonyl (C=O) groups is 1. The highest BCUT2D eigenvalue weighted by Gasteiger charge is 2.13. The van der Waals surface area contributed by atoms with Gasteiger partial charge in [0.25, 0.3) is 0 Å². The minimum atomic E-state index is -0.114. The van der Waals surface area contributed by atoms with Crippen molar-refractivity contribution in [2.24, 2.45) is 0 Å². The Hall–Kier alpha value is -2.93. The van der Waals surface area contributed by atoms with E-state index in [0.717, 1.165) is 22.7 Å². The van der Waals surface area contributed by atoms with E-state index in [0.29, 0.717) is 24.3 Å². The van der Waals surface area contributed by atoms with E-state index >= 15 is 0 Å². The number of aromatic nitrogens is 3. The Labute approximate surface area is 175 Å². The highest BCUT2D eigenvalue weighted by Crippen LogP contribution is 2.20. The molecule has 3 aromatic rings. The van der Waals surface area contributed by atoms with Gasteiger partial charge in [0.15, 0.2) is 10.6 Å². The van der Waals surface area contributed by atoms with E-state index in [1.165, 1.54) is 5.56 Å². The number of carbonyl (C=O) groups excluding carboxylic acids is 1. The maximum Gasteiger partial charge on any atom is 0.222 e. The molecule has 0 bridgehead atoms. The van der Waals surface area contributed by atoms with Crippen molar-refractivity contribution >= 4 is 18.1 Å². The molecule has 0 aliphatic heterocycles. The molecule has 2 N–H and O–H groups in total. The predicted molar refractivity (Wildman–Crippen MR) is 116 cm³/mol. The van der Waals surface area contributed by atoms with Crippen LogP contribution in [-0.4, -0.2) is 27.3 Å². The van der Waals surface area contributed by atoms with Crippen LogP contribution in [0.2, 0.25) is 0 Å². The fourth-order valence-electron chi connectivity index (χ4n) is 3.10. The molecule has 1 atom stereocenters. The van der Waals surface area contributed by atoms with E-state index in [2.05, 4.69) is 15.5 Å². The second kappa shape index (κ2) is 9.52. The molecule has 29 heavy (non-hydrogen) atoms. The van der Waals surface area contributed by atoms with Crippen LogP contribution in [0.1, 0.15) is 37.4 Å². The van der Waals surface area contributed by atoms with Crippen molar-refractivity contribution in [2.75, 3.05) is 6.61 Å². The Bertz CT molecular complexity index is 1020. The second-order valence-corrected chi connectivity index (χ2v) is 7.30. The van der Waals surface area contributed by atoms with Gasteiger partial charge in [0.1, 0.15) is 5.75 Å². The van der Waals surface area contributed by atoms with Crippen molar-refractivity contribution in [1.29, 1.82) is 0 Å². The van der Waals surface area contributed by atoms with Gasteiger partial charge in [-0.15, -0.1) is 0 Å². The summed E-state index contributed by atoms with van der Waals surface area (Å²) >= 11 is 5.35. The average Bonchev–Trinajstić information content (AvgIpc) is 3.08. The Morgan fingerprint density at radius 2 is 2.03 bits per heavy atom. The van der Waals surface area contributed by atoms with Crippen LogP contribution in [0.3, 0.4) is 0 Å². The number of amides is 1. The quantitative estimate of drug-likeness (QED) is 0.533. The molecule has 0 spiro atoms. The molecular weight excluding hydrogens is 384 g/mol. The van der Waals surface area contributed by atoms with Crippen LogP contribution in [0.5, 0.6) is 5.75 Å². The summed E-state index contributed by atoms with van der Waals surface area (Å²) in [6, 6.07) is 15.7. The van der Waals surface area contributed by atoms with Crippen LogP contribution in [0.25, 0.3) is 11.4 Å². The van der Waals surface area contributed by atoms with E-state index in [9.17, 15) is 4.79 Å². The van der Waals surface area contributed by atoms with Crippen LogP contribution in [0, 0.1) is 11.7 Å². The van der Waals surface area contributed by atoms with Crippen molar-refractivity contribution in [1.82, 2.24) is 20.1 Å². The third-order valence-corrected chi connectivity index (χ3v) is 4.99. The number of rotatable bonds is 8. The third kappa shape index (κ3) is 5.32. The van der Waals surface area contributed by atoms with Crippen LogP contribution in [0.4, 0.5) is 0 Å². The van der Waals surface area contributed by atoms with Gasteiger partial charge in [-0.05, 0) is 50.7 Å². The molecule has 0 saturated carbocycles. The molecule has 1 amide bonds. The van der Waals surface area contributed by atoms with E-state index in [1.807, 2.05) is 73.9 Å². The molecular formula is C22H26N4O2S. The molecule has 0 saturated heterocycles. The van der Waals surface area contributed by atoms with Crippen molar-refractivity contribution in [3.05, 3.63) is 64.4 Å². The Balaban J connectivity index is 1.64. The van der Waals surface area contributed by atoms with Crippen molar-refractivity contribution in [3.8, 4) is 17.1 Å². The molecule has 3 rings (SSSR count). The standard InChI is InChI=1S/C22H26N4O2S/c1-4-28-19-7-5-6-18(14-19)16(3)23-20(27)12-13-26-21(24-25-22(26)29)17-10-8-15(2)9-11-17/h5-11,14,16H,4,12-13H2,1-3H3,(H,23,27)(H,25,29). The number of hydrogen-bond donors (Lipinski definition) is 2. The van der Waals surface area contributed by atoms with E-state index in [4.69, 9.17) is 17.0 Å². The number of aryl methyl sites for hydroxylation is 1. The van der Waals surface area contributed by atoms with E-state index < -0.39 is 0 Å². The number of nitrogens with one attached hydrogen (secondary N) is 2. The van der Waals surface area contributed by atoms with Crippen LogP contribution in [-0.2, 0) is 11.3 Å². The monoisotopic (exact) mass is 410 g/mol. The Morgan fingerprint density at radius 1 is 1.28 bits per heavy atom. The predicted octanol–water partition coefficient (Wildman–Crippen LogP) is 4.58. The third-order valence-electron chi connectivity index (χ3n) is 4.68. The van der Waals surface area contributed by atoms with E-state index in [-0.39, 0.29) is 11.9 Å². The maximum atomic E-state index is 12.5. The van der Waals surface area contributed by atoms with Gasteiger partial charge in [-0.1, -0.05) is 42.0 Å². The molecule has 1 heterocycles. The molecule has 1 unspecified atom stereocenters. The first-order valence-electron chi connectivity index (χ1n) is 9.72. The number of H-pyrrole nitrogens is 1. The lowest BCUT2D eigenvalue weighted by Gasteiger charge is -2.16. The van der Waals surface area contributed by atoms with Gasteiger partial charge < -0.3 is 10.1 Å². The first-order valence-corrected chi connectivity index (χ1v) is 10.1. The fraction of sp³-hybridized carbons (Fsp3) is 0.318. The summed E-state index contributed by atoms with van der Waals surface area (Å²) < 4.78 is 7.90. The summed E-state index contributed by atoms with van der Waals surface area (Å²) in [6.07, 6.45) is 0.308. The van der Waals surface area contributed by atoms with Crippen molar-refractivity contribution in [3.63, 3.8) is 0 Å². The topological polar surface area (TPSA) is 71.9 Å². The average molecular weight is 411 g/mol. The van der Waals surface area contributed by atoms with Crippen LogP contribution >= 0.6 is 12.2 Å². The molecule has 0 radical (unpaired) electrons. The summed E-state index contributed by atoms with van der Waals surface area (Å²) in [5.41, 5.74) is 3.14. The summed E-state index contributed by atoms with van der Waals surface area (Å²) in [6.45, 7) is 7.01. The zero-order chi connectivity index (χ0) is 20.8. The number of hydrogen-bond acceptors (Lipinski definition) is 4. The first-order chi connectivity index (χ1) is 14.0. The van der Waals surface area contributed by atoms with Gasteiger partial charge in [0, 0.05) is 18.5 Å². The summed E-state index contributed by atoms with van der Waals surface area (Å²) in [5, 5.41) is 10.2. The zero-order valence-electron chi connectivity index (χ0n) is 16.9. The number of benzene rings is 2. The van der Waals surface area contributed by atoms with Crippen molar-refractivity contribution < 1.29 is 9.53 Å². The second-order valence-electron chi connectivity index (χ2n) is 6.91. The van der Waals surface area contributed by atoms with Crippen molar-refractivity contribution in [2.45, 2.75) is 39.8 Å². The number of ether oxygens (including phenoxy) is 1. The molecule has 7 heteroatoms. The number of nitrogens with zero attached hydrogens (tertiary/aromatic N) is 2. The molecule has 1 aromatic heterocycles. The SMILES string of the molecule is CCOc1cccc(C(C)NC(=O)CCn2c(-c3ccc(C)cc3)n[nH]c2=S)c1. The van der Waals surface area contributed by atoms with E-state index in [1.54, 1.807) is 0 Å². The fourth-order valence-corrected chi connectivity index (χ4v) is 3.32. The summed E-state index contributed by atoms with van der Waals surface area (Å²) in [5.74, 6) is 1.50. The molecule has 0 aliphatic rings. The maximum absolute atomic E-state index is 12.5. The number of aromatic amines is 1. The molecule has 152 valence electrons. The first kappa shape index (κ1) is 20.8. The summed E-state index contributed by atoms with van der Waals surface area (Å²) in [4.78, 5) is 12.5. The largest absolute Gasteiger partial charge is 0.494 e. The molecule has 2 aromatic carbocycles. The minimum absolute atomic E-state index is 0.0442. The summed E-state index contributed by atoms with van der Waals surface area (Å²) in [7, 11) is 0. The van der Waals surface area contributed by atoms with Gasteiger partial charge in [-0.2, -0.15) is 5.10 Å². The van der Waals surface area contributed by atoms with Crippen LogP contribution < -0.4 is 10.1 Å². The lowest BCUT2D eigenvalue weighted by Crippen LogP contribution is -2.27. The van der Waals surface area contributed by atoms with Gasteiger partial charge >= 0.3 is 0 Å². The highest BCUT2D eigenvalue weighted by atomic mass is 32.1. The molecule has 6 nitrogen and oxygen atoms in total. The lowest BCUT2D eigenvalue weighted by atomic mass is 10.1. The smallest absolute Gasteiger partial charge is 0.222 e. The normalized spacial score (nSPS) is 11.8. The van der Waals surface area contributed by atoms with Crippen LogP contribution in [0.15, 0.2) is 48.5 Å². The highest BCUT2D eigenvalue weighted by molar-refractivity contribution is 7.71. The van der Waals surface area contributed by atoms with Gasteiger partial charge in [0.2, 0.25) is 5.91 Å². The van der Waals surface area contributed by atoms with Gasteiger partial charge in [-0.25, -0.2) is 0 Å². The Kier molecular flexibility index (Phi) is 6.82. The Morgan fingerprint density at radius 3 is 2.76 bits per heavy atom.